The van der Waals surface area contributed by atoms with E-state index in [0.717, 1.165) is 9.35 Å². The van der Waals surface area contributed by atoms with Crippen LogP contribution in [0.2, 0.25) is 0 Å². The first-order chi connectivity index (χ1) is 8.72. The number of hydrogen-bond donors (Lipinski definition) is 1. The molecule has 18 heavy (non-hydrogen) atoms. The lowest BCUT2D eigenvalue weighted by Gasteiger charge is -2.08. The fourth-order valence-corrected chi connectivity index (χ4v) is 3.97. The van der Waals surface area contributed by atoms with Gasteiger partial charge in [-0.2, -0.15) is 0 Å². The molecular weight excluding hydrogens is 308 g/mol. The van der Waals surface area contributed by atoms with Crippen LogP contribution < -0.4 is 0 Å². The van der Waals surface area contributed by atoms with E-state index < -0.39 is 0 Å². The summed E-state index contributed by atoms with van der Waals surface area (Å²) in [7, 11) is 0. The summed E-state index contributed by atoms with van der Waals surface area (Å²) in [5, 5.41) is 10.3. The number of thiophene rings is 1. The average Bonchev–Trinajstić information content (AvgIpc) is 2.92. The van der Waals surface area contributed by atoms with Crippen LogP contribution in [0.5, 0.6) is 0 Å². The highest BCUT2D eigenvalue weighted by Gasteiger charge is 2.18. The van der Waals surface area contributed by atoms with E-state index in [1.54, 1.807) is 11.3 Å². The van der Waals surface area contributed by atoms with Gasteiger partial charge in [0.15, 0.2) is 0 Å². The van der Waals surface area contributed by atoms with Crippen LogP contribution in [0.4, 0.5) is 0 Å². The number of benzene rings is 1. The SMILES string of the molecule is OC(Cc1ccc(Br)cc1)c1cc2c(s1)CCC2. The Morgan fingerprint density at radius 1 is 1.22 bits per heavy atom. The maximum absolute atomic E-state index is 10.3. The van der Waals surface area contributed by atoms with Crippen molar-refractivity contribution in [3.8, 4) is 0 Å². The number of aryl methyl sites for hydroxylation is 2. The molecule has 2 aromatic rings. The monoisotopic (exact) mass is 322 g/mol. The molecule has 1 nitrogen and oxygen atoms in total. The van der Waals surface area contributed by atoms with Gasteiger partial charge in [0.2, 0.25) is 0 Å². The number of halogens is 1. The van der Waals surface area contributed by atoms with Crippen LogP contribution in [0.25, 0.3) is 0 Å². The minimum Gasteiger partial charge on any atom is -0.387 e. The van der Waals surface area contributed by atoms with Gasteiger partial charge in [-0.3, -0.25) is 0 Å². The van der Waals surface area contributed by atoms with Crippen molar-refractivity contribution in [2.24, 2.45) is 0 Å². The zero-order valence-electron chi connectivity index (χ0n) is 10.0. The highest BCUT2D eigenvalue weighted by atomic mass is 79.9. The van der Waals surface area contributed by atoms with E-state index in [4.69, 9.17) is 0 Å². The van der Waals surface area contributed by atoms with Gasteiger partial charge in [0.25, 0.3) is 0 Å². The summed E-state index contributed by atoms with van der Waals surface area (Å²) in [6, 6.07) is 10.4. The van der Waals surface area contributed by atoms with Crippen molar-refractivity contribution in [2.45, 2.75) is 31.8 Å². The molecule has 1 aromatic heterocycles. The number of fused-ring (bicyclic) bond motifs is 1. The van der Waals surface area contributed by atoms with Gasteiger partial charge in [0.1, 0.15) is 0 Å². The molecule has 94 valence electrons. The van der Waals surface area contributed by atoms with Crippen LogP contribution in [-0.4, -0.2) is 5.11 Å². The first-order valence-electron chi connectivity index (χ1n) is 6.26. The zero-order valence-corrected chi connectivity index (χ0v) is 12.4. The van der Waals surface area contributed by atoms with Gasteiger partial charge < -0.3 is 5.11 Å². The molecule has 0 fully saturated rings. The van der Waals surface area contributed by atoms with Gasteiger partial charge in [-0.15, -0.1) is 11.3 Å². The first kappa shape index (κ1) is 12.4. The molecule has 1 unspecified atom stereocenters. The molecule has 1 atom stereocenters. The third-order valence-electron chi connectivity index (χ3n) is 3.44. The molecule has 1 heterocycles. The van der Waals surface area contributed by atoms with Crippen molar-refractivity contribution in [1.29, 1.82) is 0 Å². The zero-order chi connectivity index (χ0) is 12.5. The maximum atomic E-state index is 10.3. The summed E-state index contributed by atoms with van der Waals surface area (Å²) in [4.78, 5) is 2.61. The van der Waals surface area contributed by atoms with Crippen molar-refractivity contribution in [3.05, 3.63) is 55.7 Å². The first-order valence-corrected chi connectivity index (χ1v) is 7.87. The largest absolute Gasteiger partial charge is 0.387 e. The van der Waals surface area contributed by atoms with E-state index in [0.29, 0.717) is 6.42 Å². The van der Waals surface area contributed by atoms with Crippen LogP contribution >= 0.6 is 27.3 Å². The predicted molar refractivity (Wildman–Crippen MR) is 79.1 cm³/mol. The van der Waals surface area contributed by atoms with E-state index in [-0.39, 0.29) is 6.10 Å². The summed E-state index contributed by atoms with van der Waals surface area (Å²) in [5.41, 5.74) is 2.64. The van der Waals surface area contributed by atoms with Crippen molar-refractivity contribution in [1.82, 2.24) is 0 Å². The molecule has 0 amide bonds. The summed E-state index contributed by atoms with van der Waals surface area (Å²) in [6.07, 6.45) is 4.01. The lowest BCUT2D eigenvalue weighted by Crippen LogP contribution is -1.99. The van der Waals surface area contributed by atoms with Crippen molar-refractivity contribution < 1.29 is 5.11 Å². The quantitative estimate of drug-likeness (QED) is 0.894. The number of rotatable bonds is 3. The summed E-state index contributed by atoms with van der Waals surface area (Å²) in [6.45, 7) is 0. The number of aliphatic hydroxyl groups excluding tert-OH is 1. The summed E-state index contributed by atoms with van der Waals surface area (Å²) < 4.78 is 1.08. The van der Waals surface area contributed by atoms with Crippen LogP contribution in [0.1, 0.15) is 33.4 Å². The van der Waals surface area contributed by atoms with Crippen molar-refractivity contribution in [2.75, 3.05) is 0 Å². The van der Waals surface area contributed by atoms with Crippen molar-refractivity contribution in [3.63, 3.8) is 0 Å². The lowest BCUT2D eigenvalue weighted by molar-refractivity contribution is 0.182. The van der Waals surface area contributed by atoms with E-state index in [1.807, 2.05) is 12.1 Å². The minimum absolute atomic E-state index is 0.359. The number of aliphatic hydroxyl groups is 1. The molecule has 0 saturated heterocycles. The molecule has 1 aliphatic carbocycles. The van der Waals surface area contributed by atoms with Crippen LogP contribution in [0.15, 0.2) is 34.8 Å². The Kier molecular flexibility index (Phi) is 3.55. The summed E-state index contributed by atoms with van der Waals surface area (Å²) in [5.74, 6) is 0. The second kappa shape index (κ2) is 5.16. The predicted octanol–water partition coefficient (Wildman–Crippen LogP) is 4.28. The third kappa shape index (κ3) is 2.53. The Hall–Kier alpha value is -0.640. The van der Waals surface area contributed by atoms with Gasteiger partial charge in [-0.25, -0.2) is 0 Å². The molecule has 0 aliphatic heterocycles. The second-order valence-corrected chi connectivity index (χ2v) is 6.88. The molecule has 3 heteroatoms. The van der Waals surface area contributed by atoms with Gasteiger partial charge in [-0.05, 0) is 48.6 Å². The molecule has 3 rings (SSSR count). The van der Waals surface area contributed by atoms with Crippen LogP contribution in [0.3, 0.4) is 0 Å². The van der Waals surface area contributed by atoms with E-state index in [2.05, 4.69) is 34.1 Å². The molecule has 0 spiro atoms. The standard InChI is InChI=1S/C15H15BrOS/c16-12-6-4-10(5-7-12)8-13(17)15-9-11-2-1-3-14(11)18-15/h4-7,9,13,17H,1-3,8H2. The molecule has 0 bridgehead atoms. The van der Waals surface area contributed by atoms with E-state index in [9.17, 15) is 5.11 Å². The Labute approximate surface area is 120 Å². The maximum Gasteiger partial charge on any atom is 0.0922 e. The summed E-state index contributed by atoms with van der Waals surface area (Å²) >= 11 is 5.22. The second-order valence-electron chi connectivity index (χ2n) is 4.80. The van der Waals surface area contributed by atoms with Gasteiger partial charge >= 0.3 is 0 Å². The Bertz CT molecular complexity index is 523. The lowest BCUT2D eigenvalue weighted by atomic mass is 10.1. The van der Waals surface area contributed by atoms with Crippen LogP contribution in [-0.2, 0) is 19.3 Å². The highest BCUT2D eigenvalue weighted by Crippen LogP contribution is 2.34. The van der Waals surface area contributed by atoms with E-state index >= 15 is 0 Å². The molecule has 1 aromatic carbocycles. The van der Waals surface area contributed by atoms with E-state index in [1.165, 1.54) is 35.3 Å². The molecular formula is C15H15BrOS. The normalized spacial score (nSPS) is 15.7. The minimum atomic E-state index is -0.359. The fraction of sp³-hybridized carbons (Fsp3) is 0.333. The Balaban J connectivity index is 1.74. The van der Waals surface area contributed by atoms with Gasteiger partial charge in [0.05, 0.1) is 6.10 Å². The topological polar surface area (TPSA) is 20.2 Å². The molecule has 1 N–H and O–H groups in total. The average molecular weight is 323 g/mol. The Morgan fingerprint density at radius 2 is 2.00 bits per heavy atom. The molecule has 0 saturated carbocycles. The number of hydrogen-bond acceptors (Lipinski definition) is 2. The van der Waals surface area contributed by atoms with Gasteiger partial charge in [0, 0.05) is 20.6 Å². The van der Waals surface area contributed by atoms with Crippen LogP contribution in [0, 0.1) is 0 Å². The highest BCUT2D eigenvalue weighted by molar-refractivity contribution is 9.10. The van der Waals surface area contributed by atoms with Gasteiger partial charge in [-0.1, -0.05) is 28.1 Å². The third-order valence-corrected chi connectivity index (χ3v) is 5.30. The smallest absolute Gasteiger partial charge is 0.0922 e. The molecule has 1 aliphatic rings. The fourth-order valence-electron chi connectivity index (χ4n) is 2.46. The van der Waals surface area contributed by atoms with Crippen molar-refractivity contribution >= 4 is 27.3 Å². The Morgan fingerprint density at radius 3 is 2.72 bits per heavy atom. The molecule has 0 radical (unpaired) electrons.